The van der Waals surface area contributed by atoms with Gasteiger partial charge in [-0.3, -0.25) is 0 Å². The van der Waals surface area contributed by atoms with Gasteiger partial charge in [-0.05, 0) is 51.2 Å². The van der Waals surface area contributed by atoms with Crippen LogP contribution in [0.5, 0.6) is 0 Å². The highest BCUT2D eigenvalue weighted by atomic mass is 15.1. The van der Waals surface area contributed by atoms with Crippen molar-refractivity contribution in [2.45, 2.75) is 13.8 Å². The normalized spacial score (nSPS) is 10.7. The summed E-state index contributed by atoms with van der Waals surface area (Å²) in [5.74, 6) is 0. The Kier molecular flexibility index (Phi) is 3.97. The molecular weight excluding hydrogens is 186 g/mol. The molecule has 0 aliphatic heterocycles. The highest BCUT2D eigenvalue weighted by Gasteiger charge is 2.01. The lowest BCUT2D eigenvalue weighted by Crippen LogP contribution is -2.21. The van der Waals surface area contributed by atoms with E-state index < -0.39 is 0 Å². The molecule has 15 heavy (non-hydrogen) atoms. The smallest absolute Gasteiger partial charge is 0.0577 e. The number of nitrogens with two attached hydrogens (primary N) is 1. The van der Waals surface area contributed by atoms with Crippen LogP contribution in [0.4, 0.5) is 11.4 Å². The maximum Gasteiger partial charge on any atom is 0.0577 e. The summed E-state index contributed by atoms with van der Waals surface area (Å²) in [7, 11) is 4.12. The fourth-order valence-electron chi connectivity index (χ4n) is 1.41. The second-order valence-corrected chi connectivity index (χ2v) is 4.25. The van der Waals surface area contributed by atoms with E-state index in [2.05, 4.69) is 44.2 Å². The molecule has 84 valence electrons. The van der Waals surface area contributed by atoms with Crippen LogP contribution in [0.1, 0.15) is 11.1 Å². The number of nitrogens with one attached hydrogen (secondary N) is 1. The maximum atomic E-state index is 5.93. The number of hydrogen-bond acceptors (Lipinski definition) is 3. The van der Waals surface area contributed by atoms with Crippen molar-refractivity contribution in [3.05, 3.63) is 23.3 Å². The lowest BCUT2D eigenvalue weighted by molar-refractivity contribution is 0.425. The van der Waals surface area contributed by atoms with Crippen LogP contribution in [0.3, 0.4) is 0 Å². The zero-order valence-corrected chi connectivity index (χ0v) is 10.1. The summed E-state index contributed by atoms with van der Waals surface area (Å²) in [4.78, 5) is 2.14. The molecule has 0 unspecified atom stereocenters. The van der Waals surface area contributed by atoms with Crippen LogP contribution in [0, 0.1) is 13.8 Å². The Morgan fingerprint density at radius 1 is 1.20 bits per heavy atom. The number of nitrogens with zero attached hydrogens (tertiary/aromatic N) is 1. The Morgan fingerprint density at radius 3 is 2.40 bits per heavy atom. The fourth-order valence-corrected chi connectivity index (χ4v) is 1.41. The standard InChI is InChI=1S/C12H21N3/c1-9-7-11(13)12(8-10(9)2)14-5-6-15(3)4/h7-8,14H,5-6,13H2,1-4H3. The third kappa shape index (κ3) is 3.44. The summed E-state index contributed by atoms with van der Waals surface area (Å²) >= 11 is 0. The average Bonchev–Trinajstić information content (AvgIpc) is 2.13. The SMILES string of the molecule is Cc1cc(N)c(NCCN(C)C)cc1C. The molecule has 3 nitrogen and oxygen atoms in total. The van der Waals surface area contributed by atoms with Gasteiger partial charge in [0, 0.05) is 13.1 Å². The maximum absolute atomic E-state index is 5.93. The third-order valence-electron chi connectivity index (χ3n) is 2.54. The predicted molar refractivity (Wildman–Crippen MR) is 67.4 cm³/mol. The lowest BCUT2D eigenvalue weighted by Gasteiger charge is -2.14. The van der Waals surface area contributed by atoms with E-state index in [4.69, 9.17) is 5.73 Å². The van der Waals surface area contributed by atoms with E-state index in [1.54, 1.807) is 0 Å². The minimum Gasteiger partial charge on any atom is -0.397 e. The Labute approximate surface area is 92.3 Å². The molecular formula is C12H21N3. The van der Waals surface area contributed by atoms with Gasteiger partial charge in [-0.15, -0.1) is 0 Å². The van der Waals surface area contributed by atoms with Crippen LogP contribution >= 0.6 is 0 Å². The largest absolute Gasteiger partial charge is 0.397 e. The van der Waals surface area contributed by atoms with Gasteiger partial charge in [0.15, 0.2) is 0 Å². The van der Waals surface area contributed by atoms with Crippen LogP contribution in [0.2, 0.25) is 0 Å². The second-order valence-electron chi connectivity index (χ2n) is 4.25. The van der Waals surface area contributed by atoms with Crippen molar-refractivity contribution in [1.82, 2.24) is 4.90 Å². The van der Waals surface area contributed by atoms with Crippen LogP contribution in [0.25, 0.3) is 0 Å². The fraction of sp³-hybridized carbons (Fsp3) is 0.500. The molecule has 0 amide bonds. The molecule has 0 aliphatic rings. The predicted octanol–water partition coefficient (Wildman–Crippen LogP) is 1.86. The lowest BCUT2D eigenvalue weighted by atomic mass is 10.1. The summed E-state index contributed by atoms with van der Waals surface area (Å²) in [6.45, 7) is 6.10. The van der Waals surface area contributed by atoms with Crippen molar-refractivity contribution in [3.63, 3.8) is 0 Å². The Morgan fingerprint density at radius 2 is 1.80 bits per heavy atom. The van der Waals surface area contributed by atoms with E-state index in [1.165, 1.54) is 11.1 Å². The summed E-state index contributed by atoms with van der Waals surface area (Å²) < 4.78 is 0. The number of rotatable bonds is 4. The van der Waals surface area contributed by atoms with Gasteiger partial charge in [0.2, 0.25) is 0 Å². The number of likely N-dealkylation sites (N-methyl/N-ethyl adjacent to an activating group) is 1. The van der Waals surface area contributed by atoms with Crippen molar-refractivity contribution in [1.29, 1.82) is 0 Å². The minimum atomic E-state index is 0.830. The first-order valence-electron chi connectivity index (χ1n) is 5.26. The third-order valence-corrected chi connectivity index (χ3v) is 2.54. The van der Waals surface area contributed by atoms with Gasteiger partial charge in [-0.1, -0.05) is 0 Å². The molecule has 0 bridgehead atoms. The number of benzene rings is 1. The van der Waals surface area contributed by atoms with Gasteiger partial charge >= 0.3 is 0 Å². The van der Waals surface area contributed by atoms with Gasteiger partial charge in [0.1, 0.15) is 0 Å². The summed E-state index contributed by atoms with van der Waals surface area (Å²) in [6, 6.07) is 4.13. The molecule has 0 radical (unpaired) electrons. The Hall–Kier alpha value is -1.22. The number of hydrogen-bond donors (Lipinski definition) is 2. The van der Waals surface area contributed by atoms with Crippen molar-refractivity contribution in [2.75, 3.05) is 38.2 Å². The molecule has 0 aliphatic carbocycles. The summed E-state index contributed by atoms with van der Waals surface area (Å²) in [6.07, 6.45) is 0. The van der Waals surface area contributed by atoms with Crippen molar-refractivity contribution >= 4 is 11.4 Å². The van der Waals surface area contributed by atoms with Gasteiger partial charge in [-0.25, -0.2) is 0 Å². The molecule has 1 aromatic rings. The molecule has 0 fully saturated rings. The van der Waals surface area contributed by atoms with Gasteiger partial charge in [0.25, 0.3) is 0 Å². The van der Waals surface area contributed by atoms with Crippen LogP contribution in [-0.4, -0.2) is 32.1 Å². The van der Waals surface area contributed by atoms with E-state index in [0.29, 0.717) is 0 Å². The molecule has 0 saturated heterocycles. The summed E-state index contributed by atoms with van der Waals surface area (Å²) in [5, 5.41) is 3.35. The van der Waals surface area contributed by atoms with E-state index in [1.807, 2.05) is 6.07 Å². The van der Waals surface area contributed by atoms with Crippen molar-refractivity contribution < 1.29 is 0 Å². The molecule has 0 aromatic heterocycles. The molecule has 1 aromatic carbocycles. The first-order chi connectivity index (χ1) is 7.00. The molecule has 3 N–H and O–H groups in total. The highest BCUT2D eigenvalue weighted by molar-refractivity contribution is 5.68. The van der Waals surface area contributed by atoms with Crippen LogP contribution in [-0.2, 0) is 0 Å². The molecule has 0 saturated carbocycles. The molecule has 3 heteroatoms. The average molecular weight is 207 g/mol. The zero-order valence-electron chi connectivity index (χ0n) is 10.1. The van der Waals surface area contributed by atoms with Crippen molar-refractivity contribution in [3.8, 4) is 0 Å². The van der Waals surface area contributed by atoms with E-state index >= 15 is 0 Å². The first-order valence-corrected chi connectivity index (χ1v) is 5.26. The molecule has 0 heterocycles. The van der Waals surface area contributed by atoms with Crippen LogP contribution in [0.15, 0.2) is 12.1 Å². The van der Waals surface area contributed by atoms with E-state index in [0.717, 1.165) is 24.5 Å². The molecule has 1 rings (SSSR count). The Bertz CT molecular complexity index is 332. The minimum absolute atomic E-state index is 0.830. The summed E-state index contributed by atoms with van der Waals surface area (Å²) in [5.41, 5.74) is 10.3. The first kappa shape index (κ1) is 11.9. The second kappa shape index (κ2) is 5.03. The van der Waals surface area contributed by atoms with Crippen molar-refractivity contribution in [2.24, 2.45) is 0 Å². The van der Waals surface area contributed by atoms with E-state index in [9.17, 15) is 0 Å². The van der Waals surface area contributed by atoms with Gasteiger partial charge in [0.05, 0.1) is 11.4 Å². The molecule has 0 spiro atoms. The quantitative estimate of drug-likeness (QED) is 0.740. The van der Waals surface area contributed by atoms with Crippen LogP contribution < -0.4 is 11.1 Å². The zero-order chi connectivity index (χ0) is 11.4. The number of nitrogen functional groups attached to an aromatic ring is 1. The number of anilines is 2. The van der Waals surface area contributed by atoms with Gasteiger partial charge in [-0.2, -0.15) is 0 Å². The topological polar surface area (TPSA) is 41.3 Å². The number of aryl methyl sites for hydroxylation is 2. The highest BCUT2D eigenvalue weighted by Crippen LogP contribution is 2.22. The van der Waals surface area contributed by atoms with Gasteiger partial charge < -0.3 is 16.0 Å². The van der Waals surface area contributed by atoms with E-state index in [-0.39, 0.29) is 0 Å². The monoisotopic (exact) mass is 207 g/mol. The Balaban J connectivity index is 2.65. The molecule has 0 atom stereocenters.